The molecule has 0 amide bonds. The van der Waals surface area contributed by atoms with Crippen LogP contribution in [0.5, 0.6) is 0 Å². The fourth-order valence-electron chi connectivity index (χ4n) is 1.97. The van der Waals surface area contributed by atoms with Gasteiger partial charge in [-0.25, -0.2) is 4.98 Å². The van der Waals surface area contributed by atoms with Gasteiger partial charge in [0.15, 0.2) is 0 Å². The molecule has 0 aliphatic heterocycles. The van der Waals surface area contributed by atoms with Crippen LogP contribution in [0.25, 0.3) is 11.0 Å². The van der Waals surface area contributed by atoms with E-state index in [4.69, 9.17) is 0 Å². The summed E-state index contributed by atoms with van der Waals surface area (Å²) in [5.74, 6) is 0.559. The topological polar surface area (TPSA) is 59.8 Å². The third kappa shape index (κ3) is 2.63. The Bertz CT molecular complexity index is 678. The SMILES string of the molecule is CCn1c(=O)c(Br)cc2c(C)nc(NC(C)C)nc21. The maximum Gasteiger partial charge on any atom is 0.266 e. The van der Waals surface area contributed by atoms with Gasteiger partial charge in [-0.3, -0.25) is 9.36 Å². The molecule has 102 valence electrons. The van der Waals surface area contributed by atoms with Crippen molar-refractivity contribution in [3.8, 4) is 0 Å². The van der Waals surface area contributed by atoms with E-state index in [-0.39, 0.29) is 11.6 Å². The first-order chi connectivity index (χ1) is 8.93. The van der Waals surface area contributed by atoms with Crippen LogP contribution in [0.4, 0.5) is 5.95 Å². The first-order valence-corrected chi connectivity index (χ1v) is 7.07. The van der Waals surface area contributed by atoms with E-state index in [2.05, 4.69) is 31.2 Å². The second-order valence-electron chi connectivity index (χ2n) is 4.71. The Hall–Kier alpha value is -1.43. The number of hydrogen-bond donors (Lipinski definition) is 1. The van der Waals surface area contributed by atoms with Crippen LogP contribution in [0.15, 0.2) is 15.3 Å². The van der Waals surface area contributed by atoms with Gasteiger partial charge in [0.1, 0.15) is 5.65 Å². The number of hydrogen-bond acceptors (Lipinski definition) is 4. The zero-order chi connectivity index (χ0) is 14.2. The van der Waals surface area contributed by atoms with Gasteiger partial charge in [-0.1, -0.05) is 0 Å². The first kappa shape index (κ1) is 14.0. The van der Waals surface area contributed by atoms with Gasteiger partial charge in [0, 0.05) is 18.0 Å². The summed E-state index contributed by atoms with van der Waals surface area (Å²) in [6, 6.07) is 2.03. The summed E-state index contributed by atoms with van der Waals surface area (Å²) in [4.78, 5) is 21.0. The van der Waals surface area contributed by atoms with Crippen LogP contribution in [0.2, 0.25) is 0 Å². The molecular formula is C13H17BrN4O. The molecule has 0 atom stereocenters. The Morgan fingerprint density at radius 1 is 1.42 bits per heavy atom. The van der Waals surface area contributed by atoms with Gasteiger partial charge >= 0.3 is 0 Å². The van der Waals surface area contributed by atoms with Crippen molar-refractivity contribution in [3.05, 3.63) is 26.6 Å². The summed E-state index contributed by atoms with van der Waals surface area (Å²) in [7, 11) is 0. The Kier molecular flexibility index (Phi) is 3.89. The van der Waals surface area contributed by atoms with E-state index in [1.165, 1.54) is 0 Å². The van der Waals surface area contributed by atoms with Crippen molar-refractivity contribution in [3.63, 3.8) is 0 Å². The average molecular weight is 325 g/mol. The first-order valence-electron chi connectivity index (χ1n) is 6.28. The zero-order valence-electron chi connectivity index (χ0n) is 11.5. The molecule has 0 saturated heterocycles. The van der Waals surface area contributed by atoms with Crippen LogP contribution in [-0.4, -0.2) is 20.6 Å². The normalized spacial score (nSPS) is 11.3. The summed E-state index contributed by atoms with van der Waals surface area (Å²) in [5, 5.41) is 4.07. The summed E-state index contributed by atoms with van der Waals surface area (Å²) < 4.78 is 2.19. The summed E-state index contributed by atoms with van der Waals surface area (Å²) >= 11 is 3.30. The molecule has 0 aromatic carbocycles. The molecule has 5 nitrogen and oxygen atoms in total. The van der Waals surface area contributed by atoms with Crippen molar-refractivity contribution in [1.29, 1.82) is 0 Å². The molecule has 1 N–H and O–H groups in total. The van der Waals surface area contributed by atoms with Crippen LogP contribution in [0.1, 0.15) is 26.5 Å². The Morgan fingerprint density at radius 3 is 2.68 bits per heavy atom. The standard InChI is InChI=1S/C13H17BrN4O/c1-5-18-11-9(6-10(14)12(18)19)8(4)16-13(17-11)15-7(2)3/h6-7H,5H2,1-4H3,(H,15,16,17). The molecule has 2 aromatic heterocycles. The minimum Gasteiger partial charge on any atom is -0.352 e. The van der Waals surface area contributed by atoms with E-state index in [9.17, 15) is 4.79 Å². The predicted octanol–water partition coefficient (Wildman–Crippen LogP) is 2.70. The van der Waals surface area contributed by atoms with Crippen molar-refractivity contribution in [2.45, 2.75) is 40.3 Å². The van der Waals surface area contributed by atoms with Gasteiger partial charge in [-0.15, -0.1) is 0 Å². The van der Waals surface area contributed by atoms with Crippen LogP contribution in [0.3, 0.4) is 0 Å². The van der Waals surface area contributed by atoms with Crippen molar-refractivity contribution in [1.82, 2.24) is 14.5 Å². The quantitative estimate of drug-likeness (QED) is 0.943. The smallest absolute Gasteiger partial charge is 0.266 e. The molecule has 0 aliphatic carbocycles. The maximum absolute atomic E-state index is 12.1. The van der Waals surface area contributed by atoms with E-state index >= 15 is 0 Å². The summed E-state index contributed by atoms with van der Waals surface area (Å²) in [5.41, 5.74) is 1.46. The highest BCUT2D eigenvalue weighted by molar-refractivity contribution is 9.10. The van der Waals surface area contributed by atoms with E-state index in [1.54, 1.807) is 10.6 Å². The molecule has 2 rings (SSSR count). The monoisotopic (exact) mass is 324 g/mol. The number of fused-ring (bicyclic) bond motifs is 1. The lowest BCUT2D eigenvalue weighted by Gasteiger charge is -2.13. The highest BCUT2D eigenvalue weighted by Crippen LogP contribution is 2.19. The number of pyridine rings is 1. The van der Waals surface area contributed by atoms with Gasteiger partial charge in [0.25, 0.3) is 5.56 Å². The van der Waals surface area contributed by atoms with Gasteiger partial charge in [0.2, 0.25) is 5.95 Å². The lowest BCUT2D eigenvalue weighted by molar-refractivity contribution is 0.743. The number of nitrogens with one attached hydrogen (secondary N) is 1. The van der Waals surface area contributed by atoms with Crippen molar-refractivity contribution in [2.75, 3.05) is 5.32 Å². The molecule has 0 radical (unpaired) electrons. The Balaban J connectivity index is 2.78. The molecule has 0 saturated carbocycles. The molecule has 19 heavy (non-hydrogen) atoms. The Labute approximate surface area is 120 Å². The number of aryl methyl sites for hydroxylation is 2. The highest BCUT2D eigenvalue weighted by Gasteiger charge is 2.12. The van der Waals surface area contributed by atoms with Gasteiger partial charge in [0.05, 0.1) is 10.2 Å². The average Bonchev–Trinajstić information content (AvgIpc) is 2.31. The second kappa shape index (κ2) is 5.28. The molecule has 0 bridgehead atoms. The summed E-state index contributed by atoms with van der Waals surface area (Å²) in [6.45, 7) is 8.48. The zero-order valence-corrected chi connectivity index (χ0v) is 13.1. The molecule has 0 aliphatic rings. The third-order valence-electron chi connectivity index (χ3n) is 2.83. The largest absolute Gasteiger partial charge is 0.352 e. The minimum atomic E-state index is -0.0661. The van der Waals surface area contributed by atoms with E-state index in [0.29, 0.717) is 22.6 Å². The van der Waals surface area contributed by atoms with Crippen LogP contribution < -0.4 is 10.9 Å². The minimum absolute atomic E-state index is 0.0661. The van der Waals surface area contributed by atoms with Crippen LogP contribution in [0, 0.1) is 6.92 Å². The van der Waals surface area contributed by atoms with Crippen molar-refractivity contribution >= 4 is 32.9 Å². The van der Waals surface area contributed by atoms with Crippen molar-refractivity contribution < 1.29 is 0 Å². The predicted molar refractivity (Wildman–Crippen MR) is 80.7 cm³/mol. The van der Waals surface area contributed by atoms with E-state index in [1.807, 2.05) is 27.7 Å². The number of aromatic nitrogens is 3. The van der Waals surface area contributed by atoms with Crippen molar-refractivity contribution in [2.24, 2.45) is 0 Å². The molecular weight excluding hydrogens is 308 g/mol. The number of rotatable bonds is 3. The lowest BCUT2D eigenvalue weighted by Crippen LogP contribution is -2.22. The number of nitrogens with zero attached hydrogens (tertiary/aromatic N) is 3. The molecule has 2 heterocycles. The molecule has 0 unspecified atom stereocenters. The van der Waals surface area contributed by atoms with Crippen LogP contribution in [-0.2, 0) is 6.54 Å². The van der Waals surface area contributed by atoms with E-state index < -0.39 is 0 Å². The van der Waals surface area contributed by atoms with Gasteiger partial charge in [-0.05, 0) is 49.7 Å². The summed E-state index contributed by atoms with van der Waals surface area (Å²) in [6.07, 6.45) is 0. The van der Waals surface area contributed by atoms with E-state index in [0.717, 1.165) is 11.1 Å². The third-order valence-corrected chi connectivity index (χ3v) is 3.39. The maximum atomic E-state index is 12.1. The van der Waals surface area contributed by atoms with Crippen LogP contribution >= 0.6 is 15.9 Å². The number of halogens is 1. The fraction of sp³-hybridized carbons (Fsp3) is 0.462. The Morgan fingerprint density at radius 2 is 2.11 bits per heavy atom. The lowest BCUT2D eigenvalue weighted by atomic mass is 10.2. The number of anilines is 1. The van der Waals surface area contributed by atoms with Gasteiger partial charge < -0.3 is 5.32 Å². The van der Waals surface area contributed by atoms with Gasteiger partial charge in [-0.2, -0.15) is 4.98 Å². The molecule has 6 heteroatoms. The highest BCUT2D eigenvalue weighted by atomic mass is 79.9. The fourth-order valence-corrected chi connectivity index (χ4v) is 2.41. The second-order valence-corrected chi connectivity index (χ2v) is 5.56. The molecule has 2 aromatic rings. The molecule has 0 spiro atoms. The molecule has 0 fully saturated rings.